The Labute approximate surface area is 175 Å². The second-order valence-electron chi connectivity index (χ2n) is 7.48. The SMILES string of the molecule is Cn1c(=O)c2cc(C(=O)N3CCCC3c3nc4ccccc4s3)cnc2n(C)c1=O. The van der Waals surface area contributed by atoms with E-state index in [1.165, 1.54) is 17.8 Å². The molecule has 4 heterocycles. The van der Waals surface area contributed by atoms with Crippen molar-refractivity contribution in [3.05, 3.63) is 67.9 Å². The number of aryl methyl sites for hydroxylation is 1. The Morgan fingerprint density at radius 3 is 2.77 bits per heavy atom. The number of hydrogen-bond acceptors (Lipinski definition) is 6. The number of benzene rings is 1. The summed E-state index contributed by atoms with van der Waals surface area (Å²) in [6, 6.07) is 9.40. The minimum Gasteiger partial charge on any atom is -0.329 e. The maximum absolute atomic E-state index is 13.3. The van der Waals surface area contributed by atoms with E-state index in [2.05, 4.69) is 4.98 Å². The van der Waals surface area contributed by atoms with Crippen LogP contribution < -0.4 is 11.2 Å². The molecule has 5 rings (SSSR count). The lowest BCUT2D eigenvalue weighted by Crippen LogP contribution is -2.37. The fourth-order valence-corrected chi connectivity index (χ4v) is 5.16. The standard InChI is InChI=1S/C21H19N5O3S/c1-24-17-13(20(28)25(2)21(24)29)10-12(11-22-17)19(27)26-9-5-7-15(26)18-23-14-6-3-4-8-16(14)30-18/h3-4,6,8,10-11,15H,5,7,9H2,1-2H3. The first-order chi connectivity index (χ1) is 14.5. The van der Waals surface area contributed by atoms with E-state index in [1.54, 1.807) is 24.5 Å². The highest BCUT2D eigenvalue weighted by molar-refractivity contribution is 7.18. The van der Waals surface area contributed by atoms with Crippen LogP contribution in [0.5, 0.6) is 0 Å². The van der Waals surface area contributed by atoms with Crippen LogP contribution in [0.15, 0.2) is 46.1 Å². The number of thiazole rings is 1. The molecule has 1 atom stereocenters. The van der Waals surface area contributed by atoms with E-state index < -0.39 is 11.2 Å². The van der Waals surface area contributed by atoms with Crippen LogP contribution in [-0.4, -0.2) is 36.5 Å². The van der Waals surface area contributed by atoms with Gasteiger partial charge >= 0.3 is 5.69 Å². The normalized spacial score (nSPS) is 16.6. The van der Waals surface area contributed by atoms with Gasteiger partial charge in [-0.15, -0.1) is 11.3 Å². The highest BCUT2D eigenvalue weighted by atomic mass is 32.1. The van der Waals surface area contributed by atoms with E-state index in [-0.39, 0.29) is 23.0 Å². The van der Waals surface area contributed by atoms with Gasteiger partial charge in [-0.3, -0.25) is 18.7 Å². The third kappa shape index (κ3) is 2.77. The van der Waals surface area contributed by atoms with Gasteiger partial charge in [0.1, 0.15) is 10.7 Å². The number of likely N-dealkylation sites (tertiary alicyclic amines) is 1. The van der Waals surface area contributed by atoms with E-state index in [4.69, 9.17) is 4.98 Å². The molecule has 0 saturated carbocycles. The minimum absolute atomic E-state index is 0.0893. The molecule has 1 unspecified atom stereocenters. The number of carbonyl (C=O) groups excluding carboxylic acids is 1. The molecule has 1 amide bonds. The van der Waals surface area contributed by atoms with Gasteiger partial charge in [-0.25, -0.2) is 14.8 Å². The number of rotatable bonds is 2. The van der Waals surface area contributed by atoms with Crippen LogP contribution in [0.2, 0.25) is 0 Å². The van der Waals surface area contributed by atoms with E-state index >= 15 is 0 Å². The number of amides is 1. The van der Waals surface area contributed by atoms with Crippen molar-refractivity contribution in [1.29, 1.82) is 0 Å². The molecule has 152 valence electrons. The van der Waals surface area contributed by atoms with E-state index in [0.29, 0.717) is 12.1 Å². The van der Waals surface area contributed by atoms with Gasteiger partial charge < -0.3 is 4.90 Å². The van der Waals surface area contributed by atoms with Crippen LogP contribution in [0.25, 0.3) is 21.3 Å². The average molecular weight is 421 g/mol. The second-order valence-corrected chi connectivity index (χ2v) is 8.54. The highest BCUT2D eigenvalue weighted by Gasteiger charge is 2.33. The van der Waals surface area contributed by atoms with Crippen molar-refractivity contribution in [3.63, 3.8) is 0 Å². The minimum atomic E-state index is -0.459. The van der Waals surface area contributed by atoms with Gasteiger partial charge in [-0.2, -0.15) is 0 Å². The fraction of sp³-hybridized carbons (Fsp3) is 0.286. The summed E-state index contributed by atoms with van der Waals surface area (Å²) in [7, 11) is 2.98. The Kier molecular flexibility index (Phi) is 4.28. The van der Waals surface area contributed by atoms with Crippen LogP contribution in [0.3, 0.4) is 0 Å². The summed E-state index contributed by atoms with van der Waals surface area (Å²) in [5, 5.41) is 1.18. The first-order valence-electron chi connectivity index (χ1n) is 9.68. The predicted octanol–water partition coefficient (Wildman–Crippen LogP) is 2.22. The zero-order valence-corrected chi connectivity index (χ0v) is 17.3. The molecule has 1 aliphatic rings. The molecule has 9 heteroatoms. The number of fused-ring (bicyclic) bond motifs is 2. The largest absolute Gasteiger partial charge is 0.332 e. The molecule has 0 radical (unpaired) electrons. The summed E-state index contributed by atoms with van der Waals surface area (Å²) in [5.74, 6) is -0.179. The smallest absolute Gasteiger partial charge is 0.329 e. The van der Waals surface area contributed by atoms with Gasteiger partial charge in [0.15, 0.2) is 0 Å². The molecule has 8 nitrogen and oxygen atoms in total. The first kappa shape index (κ1) is 18.7. The van der Waals surface area contributed by atoms with Crippen molar-refractivity contribution < 1.29 is 4.79 Å². The zero-order valence-electron chi connectivity index (χ0n) is 16.5. The Hall–Kier alpha value is -3.33. The van der Waals surface area contributed by atoms with E-state index in [1.807, 2.05) is 29.2 Å². The first-order valence-corrected chi connectivity index (χ1v) is 10.5. The maximum atomic E-state index is 13.3. The fourth-order valence-electron chi connectivity index (χ4n) is 4.05. The maximum Gasteiger partial charge on any atom is 0.332 e. The van der Waals surface area contributed by atoms with Gasteiger partial charge in [0.2, 0.25) is 0 Å². The summed E-state index contributed by atoms with van der Waals surface area (Å²) < 4.78 is 3.44. The number of aromatic nitrogens is 4. The van der Waals surface area contributed by atoms with Gasteiger partial charge in [0.25, 0.3) is 11.5 Å². The molecule has 0 bridgehead atoms. The molecule has 1 fully saturated rings. The van der Waals surface area contributed by atoms with E-state index in [9.17, 15) is 14.4 Å². The summed E-state index contributed by atoms with van der Waals surface area (Å²) in [6.07, 6.45) is 3.18. The molecule has 30 heavy (non-hydrogen) atoms. The number of nitrogens with zero attached hydrogens (tertiary/aromatic N) is 5. The van der Waals surface area contributed by atoms with Crippen LogP contribution >= 0.6 is 11.3 Å². The summed E-state index contributed by atoms with van der Waals surface area (Å²) in [6.45, 7) is 0.628. The van der Waals surface area contributed by atoms with Crippen molar-refractivity contribution in [3.8, 4) is 0 Å². The van der Waals surface area contributed by atoms with Crippen molar-refractivity contribution >= 4 is 38.5 Å². The molecule has 1 aliphatic heterocycles. The Morgan fingerprint density at radius 2 is 1.97 bits per heavy atom. The molecule has 0 N–H and O–H groups in total. The molecule has 4 aromatic rings. The summed E-state index contributed by atoms with van der Waals surface area (Å²) in [5.41, 5.74) is 0.637. The highest BCUT2D eigenvalue weighted by Crippen LogP contribution is 2.37. The number of carbonyl (C=O) groups is 1. The molecule has 1 saturated heterocycles. The Balaban J connectivity index is 1.55. The molecule has 3 aromatic heterocycles. The van der Waals surface area contributed by atoms with Crippen LogP contribution in [0.1, 0.15) is 34.2 Å². The average Bonchev–Trinajstić information content (AvgIpc) is 3.42. The van der Waals surface area contributed by atoms with Crippen molar-refractivity contribution in [1.82, 2.24) is 24.0 Å². The van der Waals surface area contributed by atoms with Gasteiger partial charge in [0.05, 0.1) is 27.2 Å². The van der Waals surface area contributed by atoms with Crippen LogP contribution in [0, 0.1) is 0 Å². The monoisotopic (exact) mass is 421 g/mol. The lowest BCUT2D eigenvalue weighted by molar-refractivity contribution is 0.0735. The van der Waals surface area contributed by atoms with Crippen LogP contribution in [0.4, 0.5) is 0 Å². The number of hydrogen-bond donors (Lipinski definition) is 0. The quantitative estimate of drug-likeness (QED) is 0.495. The summed E-state index contributed by atoms with van der Waals surface area (Å²) in [4.78, 5) is 48.8. The van der Waals surface area contributed by atoms with Gasteiger partial charge in [-0.05, 0) is 31.0 Å². The van der Waals surface area contributed by atoms with E-state index in [0.717, 1.165) is 32.6 Å². The zero-order chi connectivity index (χ0) is 21.0. The Morgan fingerprint density at radius 1 is 1.17 bits per heavy atom. The third-order valence-electron chi connectivity index (χ3n) is 5.65. The van der Waals surface area contributed by atoms with Crippen molar-refractivity contribution in [2.75, 3.05) is 6.54 Å². The topological polar surface area (TPSA) is 90.1 Å². The molecule has 1 aromatic carbocycles. The third-order valence-corrected chi connectivity index (χ3v) is 6.79. The van der Waals surface area contributed by atoms with Crippen LogP contribution in [-0.2, 0) is 14.1 Å². The lowest BCUT2D eigenvalue weighted by atomic mass is 10.2. The Bertz CT molecular complexity index is 1400. The molecule has 0 aliphatic carbocycles. The lowest BCUT2D eigenvalue weighted by Gasteiger charge is -2.23. The van der Waals surface area contributed by atoms with Crippen molar-refractivity contribution in [2.24, 2.45) is 14.1 Å². The molecular weight excluding hydrogens is 402 g/mol. The number of pyridine rings is 1. The van der Waals surface area contributed by atoms with Gasteiger partial charge in [-0.1, -0.05) is 12.1 Å². The summed E-state index contributed by atoms with van der Waals surface area (Å²) >= 11 is 1.61. The van der Waals surface area contributed by atoms with Gasteiger partial charge in [0, 0.05) is 26.8 Å². The van der Waals surface area contributed by atoms with Crippen molar-refractivity contribution in [2.45, 2.75) is 18.9 Å². The second kappa shape index (κ2) is 6.88. The molecular formula is C21H19N5O3S. The number of para-hydroxylation sites is 1. The molecule has 0 spiro atoms. The predicted molar refractivity (Wildman–Crippen MR) is 115 cm³/mol.